The van der Waals surface area contributed by atoms with E-state index in [0.29, 0.717) is 31.7 Å². The van der Waals surface area contributed by atoms with Crippen molar-refractivity contribution in [2.75, 3.05) is 31.1 Å². The fourth-order valence-corrected chi connectivity index (χ4v) is 4.41. The molecule has 0 unspecified atom stereocenters. The van der Waals surface area contributed by atoms with Gasteiger partial charge in [0.2, 0.25) is 5.82 Å². The highest BCUT2D eigenvalue weighted by atomic mass is 32.1. The van der Waals surface area contributed by atoms with Crippen molar-refractivity contribution in [3.05, 3.63) is 53.5 Å². The number of benzene rings is 1. The van der Waals surface area contributed by atoms with E-state index in [9.17, 15) is 18.0 Å². The molecule has 1 amide bonds. The number of aromatic nitrogens is 4. The van der Waals surface area contributed by atoms with Gasteiger partial charge in [-0.05, 0) is 23.6 Å². The van der Waals surface area contributed by atoms with Crippen LogP contribution < -0.4 is 4.90 Å². The smallest absolute Gasteiger partial charge is 0.352 e. The van der Waals surface area contributed by atoms with Crippen LogP contribution in [0.3, 0.4) is 0 Å². The maximum atomic E-state index is 13.0. The van der Waals surface area contributed by atoms with E-state index in [-0.39, 0.29) is 17.3 Å². The van der Waals surface area contributed by atoms with Crippen LogP contribution in [0.4, 0.5) is 19.0 Å². The lowest BCUT2D eigenvalue weighted by molar-refractivity contribution is -0.159. The molecule has 32 heavy (non-hydrogen) atoms. The fraction of sp³-hybridized carbons (Fsp3) is 0.250. The summed E-state index contributed by atoms with van der Waals surface area (Å²) in [4.78, 5) is 28.9. The van der Waals surface area contributed by atoms with Gasteiger partial charge < -0.3 is 14.3 Å². The van der Waals surface area contributed by atoms with Crippen LogP contribution in [0.25, 0.3) is 21.6 Å². The van der Waals surface area contributed by atoms with Gasteiger partial charge in [-0.3, -0.25) is 4.79 Å². The number of hydrogen-bond donors (Lipinski definition) is 0. The zero-order valence-electron chi connectivity index (χ0n) is 16.4. The molecule has 0 saturated carbocycles. The van der Waals surface area contributed by atoms with Crippen LogP contribution in [0.15, 0.2) is 46.6 Å². The number of carbonyl (C=O) groups excluding carboxylic acids is 1. The summed E-state index contributed by atoms with van der Waals surface area (Å²) in [7, 11) is 0. The van der Waals surface area contributed by atoms with Crippen LogP contribution in [-0.4, -0.2) is 57.1 Å². The first-order valence-electron chi connectivity index (χ1n) is 9.64. The van der Waals surface area contributed by atoms with Crippen LogP contribution in [-0.2, 0) is 6.18 Å². The molecule has 0 radical (unpaired) electrons. The van der Waals surface area contributed by atoms with E-state index < -0.39 is 12.1 Å². The third kappa shape index (κ3) is 3.77. The molecular weight excluding hydrogens is 445 g/mol. The lowest BCUT2D eigenvalue weighted by Gasteiger charge is -2.35. The van der Waals surface area contributed by atoms with Crippen molar-refractivity contribution in [1.82, 2.24) is 25.0 Å². The first-order chi connectivity index (χ1) is 15.4. The molecule has 12 heteroatoms. The van der Waals surface area contributed by atoms with Gasteiger partial charge in [0.05, 0.1) is 10.2 Å². The van der Waals surface area contributed by atoms with Crippen LogP contribution in [0.2, 0.25) is 0 Å². The van der Waals surface area contributed by atoms with Crippen molar-refractivity contribution in [3.8, 4) is 11.4 Å². The Bertz CT molecular complexity index is 1280. The van der Waals surface area contributed by atoms with Crippen molar-refractivity contribution in [2.45, 2.75) is 6.18 Å². The zero-order chi connectivity index (χ0) is 22.3. The molecule has 1 aromatic carbocycles. The van der Waals surface area contributed by atoms with Crippen molar-refractivity contribution in [3.63, 3.8) is 0 Å². The summed E-state index contributed by atoms with van der Waals surface area (Å²) in [5, 5.41) is 5.35. The van der Waals surface area contributed by atoms with Gasteiger partial charge >= 0.3 is 12.1 Å². The number of rotatable bonds is 3. The second-order valence-electron chi connectivity index (χ2n) is 7.11. The van der Waals surface area contributed by atoms with Crippen molar-refractivity contribution >= 4 is 33.3 Å². The molecule has 5 rings (SSSR count). The predicted molar refractivity (Wildman–Crippen MR) is 110 cm³/mol. The number of carbonyl (C=O) groups is 1. The molecule has 0 bridgehead atoms. The van der Waals surface area contributed by atoms with E-state index in [1.807, 2.05) is 11.4 Å². The van der Waals surface area contributed by atoms with E-state index >= 15 is 0 Å². The summed E-state index contributed by atoms with van der Waals surface area (Å²) in [5.74, 6) is -1.00. The van der Waals surface area contributed by atoms with Gasteiger partial charge in [0.25, 0.3) is 5.91 Å². The molecule has 4 aromatic rings. The average Bonchev–Trinajstić information content (AvgIpc) is 3.48. The Hall–Kier alpha value is -3.54. The van der Waals surface area contributed by atoms with E-state index in [2.05, 4.69) is 29.5 Å². The summed E-state index contributed by atoms with van der Waals surface area (Å²) in [5.41, 5.74) is 1.51. The number of anilines is 1. The molecule has 1 aliphatic heterocycles. The van der Waals surface area contributed by atoms with Crippen LogP contribution in [0.5, 0.6) is 0 Å². The fourth-order valence-electron chi connectivity index (χ4n) is 3.55. The maximum Gasteiger partial charge on any atom is 0.471 e. The number of piperazine rings is 1. The van der Waals surface area contributed by atoms with Gasteiger partial charge in [0, 0.05) is 37.3 Å². The molecule has 0 spiro atoms. The van der Waals surface area contributed by atoms with Gasteiger partial charge in [0.1, 0.15) is 12.1 Å². The Morgan fingerprint density at radius 1 is 1.09 bits per heavy atom. The average molecular weight is 460 g/mol. The van der Waals surface area contributed by atoms with E-state index in [0.717, 1.165) is 16.0 Å². The van der Waals surface area contributed by atoms with Crippen molar-refractivity contribution in [2.24, 2.45) is 0 Å². The summed E-state index contributed by atoms with van der Waals surface area (Å²) in [6, 6.07) is 8.14. The third-order valence-electron chi connectivity index (χ3n) is 5.13. The largest absolute Gasteiger partial charge is 0.471 e. The highest BCUT2D eigenvalue weighted by Gasteiger charge is 2.38. The minimum absolute atomic E-state index is 0.213. The molecule has 1 aliphatic rings. The van der Waals surface area contributed by atoms with Crippen molar-refractivity contribution in [1.29, 1.82) is 0 Å². The first-order valence-corrected chi connectivity index (χ1v) is 10.5. The lowest BCUT2D eigenvalue weighted by Crippen LogP contribution is -2.49. The van der Waals surface area contributed by atoms with E-state index in [1.165, 1.54) is 18.5 Å². The number of thiophene rings is 1. The van der Waals surface area contributed by atoms with Gasteiger partial charge in [-0.25, -0.2) is 9.97 Å². The van der Waals surface area contributed by atoms with Crippen molar-refractivity contribution < 1.29 is 22.5 Å². The number of halogens is 3. The normalized spacial score (nSPS) is 14.8. The molecule has 4 heterocycles. The molecule has 164 valence electrons. The molecule has 3 aromatic heterocycles. The summed E-state index contributed by atoms with van der Waals surface area (Å²) in [6.45, 7) is 2.19. The Morgan fingerprint density at radius 2 is 1.91 bits per heavy atom. The molecule has 1 fully saturated rings. The van der Waals surface area contributed by atoms with Gasteiger partial charge in [-0.2, -0.15) is 18.2 Å². The highest BCUT2D eigenvalue weighted by molar-refractivity contribution is 7.17. The topological polar surface area (TPSA) is 88.3 Å². The number of alkyl halides is 3. The second-order valence-corrected chi connectivity index (χ2v) is 8.03. The minimum atomic E-state index is -4.73. The monoisotopic (exact) mass is 460 g/mol. The number of hydrogen-bond acceptors (Lipinski definition) is 8. The maximum absolute atomic E-state index is 13.0. The van der Waals surface area contributed by atoms with Gasteiger partial charge in [0.15, 0.2) is 0 Å². The Labute approximate surface area is 183 Å². The molecule has 0 aliphatic carbocycles. The molecule has 1 saturated heterocycles. The summed E-state index contributed by atoms with van der Waals surface area (Å²) < 4.78 is 43.5. The van der Waals surface area contributed by atoms with E-state index in [4.69, 9.17) is 0 Å². The SMILES string of the molecule is O=C(c1cccc(-c2noc(C(F)(F)F)n2)c1)N1CCN(c2ncnc3ccsc23)CC1. The lowest BCUT2D eigenvalue weighted by atomic mass is 10.1. The molecule has 8 nitrogen and oxygen atoms in total. The minimum Gasteiger partial charge on any atom is -0.352 e. The van der Waals surface area contributed by atoms with Crippen LogP contribution >= 0.6 is 11.3 Å². The second kappa shape index (κ2) is 7.86. The molecular formula is C20H15F3N6O2S. The van der Waals surface area contributed by atoms with Crippen LogP contribution in [0.1, 0.15) is 16.2 Å². The zero-order valence-corrected chi connectivity index (χ0v) is 17.2. The predicted octanol–water partition coefficient (Wildman–Crippen LogP) is 3.72. The number of nitrogens with zero attached hydrogens (tertiary/aromatic N) is 6. The Morgan fingerprint density at radius 3 is 2.66 bits per heavy atom. The number of amides is 1. The standard InChI is InChI=1S/C20H15F3N6O2S/c21-20(22,23)19-26-16(27-31-19)12-2-1-3-13(10-12)18(30)29-7-5-28(6-8-29)17-15-14(4-9-32-15)24-11-25-17/h1-4,9-11H,5-8H2. The van der Waals surface area contributed by atoms with Crippen LogP contribution in [0, 0.1) is 0 Å². The summed E-state index contributed by atoms with van der Waals surface area (Å²) in [6.07, 6.45) is -3.19. The van der Waals surface area contributed by atoms with Gasteiger partial charge in [-0.1, -0.05) is 17.3 Å². The van der Waals surface area contributed by atoms with Gasteiger partial charge in [-0.15, -0.1) is 11.3 Å². The molecule has 0 atom stereocenters. The summed E-state index contributed by atoms with van der Waals surface area (Å²) >= 11 is 1.58. The Balaban J connectivity index is 1.30. The quantitative estimate of drug-likeness (QED) is 0.460. The number of fused-ring (bicyclic) bond motifs is 1. The third-order valence-corrected chi connectivity index (χ3v) is 6.03. The first kappa shape index (κ1) is 20.4. The van der Waals surface area contributed by atoms with E-state index in [1.54, 1.807) is 28.4 Å². The highest BCUT2D eigenvalue weighted by Crippen LogP contribution is 2.30. The molecule has 0 N–H and O–H groups in total. The Kier molecular flexibility index (Phi) is 5.00.